The largest absolute Gasteiger partial charge is 0.310 e. The molecule has 1 aromatic heterocycles. The summed E-state index contributed by atoms with van der Waals surface area (Å²) in [4.78, 5) is 2.37. The Morgan fingerprint density at radius 3 is 1.30 bits per heavy atom. The number of benzene rings is 11. The fraction of sp³-hybridized carbons (Fsp3) is 0. The van der Waals surface area contributed by atoms with E-state index in [0.717, 1.165) is 22.7 Å². The van der Waals surface area contributed by atoms with Crippen LogP contribution in [0.2, 0.25) is 0 Å². The Balaban J connectivity index is 0.972. The van der Waals surface area contributed by atoms with E-state index in [1.807, 2.05) is 0 Å². The first-order valence-electron chi connectivity index (χ1n) is 22.0. The monoisotopic (exact) mass is 814 g/mol. The Morgan fingerprint density at radius 2 is 0.656 bits per heavy atom. The van der Waals surface area contributed by atoms with Gasteiger partial charge in [0.2, 0.25) is 0 Å². The average molecular weight is 815 g/mol. The molecule has 2 nitrogen and oxygen atoms in total. The van der Waals surface area contributed by atoms with Crippen LogP contribution in [0.4, 0.5) is 17.1 Å². The molecule has 0 N–H and O–H groups in total. The summed E-state index contributed by atoms with van der Waals surface area (Å²) in [5.74, 6) is 0. The van der Waals surface area contributed by atoms with Crippen LogP contribution in [0.25, 0.3) is 93.5 Å². The second-order valence-electron chi connectivity index (χ2n) is 16.5. The molecule has 1 heterocycles. The molecule has 12 rings (SSSR count). The number of hydrogen-bond acceptors (Lipinski definition) is 1. The zero-order chi connectivity index (χ0) is 42.4. The summed E-state index contributed by atoms with van der Waals surface area (Å²) in [7, 11) is 0. The molecule has 0 bridgehead atoms. The van der Waals surface area contributed by atoms with Gasteiger partial charge in [-0.05, 0) is 133 Å². The summed E-state index contributed by atoms with van der Waals surface area (Å²) in [6, 6.07) is 92.5. The molecule has 12 aromatic rings. The third kappa shape index (κ3) is 6.44. The lowest BCUT2D eigenvalue weighted by Gasteiger charge is -2.26. The summed E-state index contributed by atoms with van der Waals surface area (Å²) < 4.78 is 2.39. The topological polar surface area (TPSA) is 8.17 Å². The first-order valence-corrected chi connectivity index (χ1v) is 22.0. The highest BCUT2D eigenvalue weighted by Crippen LogP contribution is 2.46. The quantitative estimate of drug-likeness (QED) is 0.139. The first-order chi connectivity index (χ1) is 31.8. The van der Waals surface area contributed by atoms with Crippen molar-refractivity contribution in [3.8, 4) is 50.2 Å². The van der Waals surface area contributed by atoms with Gasteiger partial charge in [-0.1, -0.05) is 188 Å². The summed E-state index contributed by atoms with van der Waals surface area (Å²) in [6.45, 7) is 0. The smallest absolute Gasteiger partial charge is 0.0542 e. The van der Waals surface area contributed by atoms with Crippen molar-refractivity contribution in [1.29, 1.82) is 0 Å². The van der Waals surface area contributed by atoms with E-state index in [9.17, 15) is 0 Å². The van der Waals surface area contributed by atoms with Crippen molar-refractivity contribution >= 4 is 60.4 Å². The summed E-state index contributed by atoms with van der Waals surface area (Å²) in [6.07, 6.45) is 0. The van der Waals surface area contributed by atoms with Gasteiger partial charge in [0.25, 0.3) is 0 Å². The second-order valence-corrected chi connectivity index (χ2v) is 16.5. The highest BCUT2D eigenvalue weighted by molar-refractivity contribution is 6.22. The molecule has 0 radical (unpaired) electrons. The highest BCUT2D eigenvalue weighted by atomic mass is 15.1. The Hall–Kier alpha value is -8.46. The molecule has 2 heteroatoms. The molecule has 0 saturated carbocycles. The Kier molecular flexibility index (Phi) is 9.20. The van der Waals surface area contributed by atoms with Gasteiger partial charge in [0.05, 0.1) is 11.0 Å². The van der Waals surface area contributed by atoms with Crippen LogP contribution in [-0.4, -0.2) is 4.57 Å². The molecule has 64 heavy (non-hydrogen) atoms. The van der Waals surface area contributed by atoms with E-state index in [0.29, 0.717) is 0 Å². The number of nitrogens with zero attached hydrogens (tertiary/aromatic N) is 2. The number of aromatic nitrogens is 1. The molecule has 0 fully saturated rings. The minimum atomic E-state index is 1.10. The SMILES string of the molecule is c1ccc(-c2ccc(-n3c4ccccc4c4cc(N(c5ccccc5)c5ccc(-c6ccc7c(-c8ccccc8)c8ccccc8c(-c8ccccc8)c7c6)cc5)ccc43)cc2)cc1. The molecule has 300 valence electrons. The van der Waals surface area contributed by atoms with Crippen LogP contribution in [0.3, 0.4) is 0 Å². The fourth-order valence-electron chi connectivity index (χ4n) is 9.83. The minimum absolute atomic E-state index is 1.10. The molecule has 0 saturated heterocycles. The molecular formula is C62H42N2. The Morgan fingerprint density at radius 1 is 0.234 bits per heavy atom. The summed E-state index contributed by atoms with van der Waals surface area (Å²) >= 11 is 0. The predicted octanol–water partition coefficient (Wildman–Crippen LogP) is 17.2. The molecule has 0 atom stereocenters. The van der Waals surface area contributed by atoms with Gasteiger partial charge < -0.3 is 9.47 Å². The minimum Gasteiger partial charge on any atom is -0.310 e. The van der Waals surface area contributed by atoms with Crippen molar-refractivity contribution in [3.05, 3.63) is 255 Å². The van der Waals surface area contributed by atoms with Gasteiger partial charge in [0, 0.05) is 33.5 Å². The first kappa shape index (κ1) is 37.3. The number of anilines is 3. The third-order valence-electron chi connectivity index (χ3n) is 12.8. The molecular weight excluding hydrogens is 773 g/mol. The van der Waals surface area contributed by atoms with E-state index in [1.54, 1.807) is 0 Å². The molecule has 0 unspecified atom stereocenters. The molecule has 0 aliphatic carbocycles. The lowest BCUT2D eigenvalue weighted by molar-refractivity contribution is 1.18. The summed E-state index contributed by atoms with van der Waals surface area (Å²) in [5.41, 5.74) is 16.6. The number of fused-ring (bicyclic) bond motifs is 5. The van der Waals surface area contributed by atoms with Gasteiger partial charge in [0.1, 0.15) is 0 Å². The van der Waals surface area contributed by atoms with Gasteiger partial charge in [-0.2, -0.15) is 0 Å². The van der Waals surface area contributed by atoms with E-state index >= 15 is 0 Å². The van der Waals surface area contributed by atoms with Gasteiger partial charge in [0.15, 0.2) is 0 Å². The van der Waals surface area contributed by atoms with Crippen LogP contribution in [0.1, 0.15) is 0 Å². The van der Waals surface area contributed by atoms with Crippen molar-refractivity contribution in [1.82, 2.24) is 4.57 Å². The van der Waals surface area contributed by atoms with Gasteiger partial charge in [-0.25, -0.2) is 0 Å². The fourth-order valence-corrected chi connectivity index (χ4v) is 9.83. The van der Waals surface area contributed by atoms with Crippen LogP contribution in [0, 0.1) is 0 Å². The van der Waals surface area contributed by atoms with E-state index < -0.39 is 0 Å². The zero-order valence-electron chi connectivity index (χ0n) is 35.1. The average Bonchev–Trinajstić information content (AvgIpc) is 3.70. The van der Waals surface area contributed by atoms with E-state index in [2.05, 4.69) is 264 Å². The molecule has 11 aromatic carbocycles. The summed E-state index contributed by atoms with van der Waals surface area (Å²) in [5, 5.41) is 7.46. The normalized spacial score (nSPS) is 11.4. The highest BCUT2D eigenvalue weighted by Gasteiger charge is 2.20. The Bertz CT molecular complexity index is 3610. The van der Waals surface area contributed by atoms with E-state index in [-0.39, 0.29) is 0 Å². The predicted molar refractivity (Wildman–Crippen MR) is 272 cm³/mol. The third-order valence-corrected chi connectivity index (χ3v) is 12.8. The van der Waals surface area contributed by atoms with E-state index in [4.69, 9.17) is 0 Å². The standard InChI is InChI=1S/C62H42N2/c1-5-17-43(18-6-1)44-29-36-51(37-30-44)64-59-28-16-15-25-53(59)57-42-52(38-40-60(57)64)63(49-23-11-4-12-24-49)50-34-31-45(32-35-50)48-33-39-56-58(41-48)62(47-21-9-3-10-22-47)55-27-14-13-26-54(55)61(56)46-19-7-2-8-20-46/h1-42H. The molecule has 0 aliphatic rings. The van der Waals surface area contributed by atoms with Gasteiger partial charge in [-0.15, -0.1) is 0 Å². The van der Waals surface area contributed by atoms with Crippen LogP contribution in [0.5, 0.6) is 0 Å². The number of hydrogen-bond donors (Lipinski definition) is 0. The van der Waals surface area contributed by atoms with E-state index in [1.165, 1.54) is 87.9 Å². The maximum Gasteiger partial charge on any atom is 0.0542 e. The zero-order valence-corrected chi connectivity index (χ0v) is 35.1. The van der Waals surface area contributed by atoms with Crippen molar-refractivity contribution in [3.63, 3.8) is 0 Å². The van der Waals surface area contributed by atoms with Crippen LogP contribution < -0.4 is 4.90 Å². The van der Waals surface area contributed by atoms with Gasteiger partial charge in [-0.3, -0.25) is 0 Å². The van der Waals surface area contributed by atoms with Crippen molar-refractivity contribution in [2.75, 3.05) is 4.90 Å². The maximum atomic E-state index is 2.40. The van der Waals surface area contributed by atoms with Crippen molar-refractivity contribution in [2.45, 2.75) is 0 Å². The maximum absolute atomic E-state index is 2.40. The second kappa shape index (κ2) is 15.8. The molecule has 0 spiro atoms. The number of para-hydroxylation sites is 2. The van der Waals surface area contributed by atoms with Crippen LogP contribution in [-0.2, 0) is 0 Å². The molecule has 0 aliphatic heterocycles. The lowest BCUT2D eigenvalue weighted by atomic mass is 9.85. The number of rotatable bonds is 8. The van der Waals surface area contributed by atoms with Crippen LogP contribution >= 0.6 is 0 Å². The van der Waals surface area contributed by atoms with Crippen molar-refractivity contribution in [2.24, 2.45) is 0 Å². The molecule has 0 amide bonds. The van der Waals surface area contributed by atoms with Crippen LogP contribution in [0.15, 0.2) is 255 Å². The van der Waals surface area contributed by atoms with Crippen molar-refractivity contribution < 1.29 is 0 Å². The Labute approximate surface area is 373 Å². The van der Waals surface area contributed by atoms with Gasteiger partial charge >= 0.3 is 0 Å². The lowest BCUT2D eigenvalue weighted by Crippen LogP contribution is -2.09.